The van der Waals surface area contributed by atoms with E-state index in [1.54, 1.807) is 12.0 Å². The van der Waals surface area contributed by atoms with E-state index >= 15 is 0 Å². The molecule has 0 fully saturated rings. The fraction of sp³-hybridized carbons (Fsp3) is 0.440. The SMILES string of the molecule is CCCNC(=O)C(CC)N(Cc1cccc(OC)c1)C(=O)COc1ccc(C)c(C)c1. The van der Waals surface area contributed by atoms with Crippen molar-refractivity contribution in [2.24, 2.45) is 0 Å². The topological polar surface area (TPSA) is 67.9 Å². The van der Waals surface area contributed by atoms with Gasteiger partial charge in [0.05, 0.1) is 7.11 Å². The third-order valence-electron chi connectivity index (χ3n) is 5.26. The van der Waals surface area contributed by atoms with Crippen molar-refractivity contribution in [3.8, 4) is 11.5 Å². The monoisotopic (exact) mass is 426 g/mol. The zero-order valence-corrected chi connectivity index (χ0v) is 19.2. The van der Waals surface area contributed by atoms with E-state index in [0.29, 0.717) is 31.0 Å². The first-order chi connectivity index (χ1) is 14.9. The van der Waals surface area contributed by atoms with Crippen molar-refractivity contribution in [1.29, 1.82) is 0 Å². The van der Waals surface area contributed by atoms with Gasteiger partial charge in [0.2, 0.25) is 5.91 Å². The molecule has 6 heteroatoms. The number of amides is 2. The van der Waals surface area contributed by atoms with Crippen molar-refractivity contribution in [3.05, 3.63) is 59.2 Å². The number of carbonyl (C=O) groups is 2. The fourth-order valence-corrected chi connectivity index (χ4v) is 3.28. The summed E-state index contributed by atoms with van der Waals surface area (Å²) in [7, 11) is 1.60. The minimum Gasteiger partial charge on any atom is -0.497 e. The summed E-state index contributed by atoms with van der Waals surface area (Å²) in [6, 6.07) is 12.7. The molecule has 31 heavy (non-hydrogen) atoms. The number of carbonyl (C=O) groups excluding carboxylic acids is 2. The van der Waals surface area contributed by atoms with Crippen LogP contribution in [0.1, 0.15) is 43.4 Å². The molecule has 6 nitrogen and oxygen atoms in total. The molecule has 0 aromatic heterocycles. The van der Waals surface area contributed by atoms with Gasteiger partial charge in [-0.1, -0.05) is 32.0 Å². The Morgan fingerprint density at radius 3 is 2.45 bits per heavy atom. The minimum atomic E-state index is -0.575. The average molecular weight is 427 g/mol. The van der Waals surface area contributed by atoms with Gasteiger partial charge in [-0.2, -0.15) is 0 Å². The smallest absolute Gasteiger partial charge is 0.261 e. The lowest BCUT2D eigenvalue weighted by atomic mass is 10.1. The Hall–Kier alpha value is -3.02. The van der Waals surface area contributed by atoms with Crippen molar-refractivity contribution in [3.63, 3.8) is 0 Å². The summed E-state index contributed by atoms with van der Waals surface area (Å²) in [6.07, 6.45) is 1.34. The fourth-order valence-electron chi connectivity index (χ4n) is 3.28. The number of aryl methyl sites for hydroxylation is 2. The van der Waals surface area contributed by atoms with Crippen LogP contribution in [0.15, 0.2) is 42.5 Å². The van der Waals surface area contributed by atoms with Gasteiger partial charge < -0.3 is 19.7 Å². The molecular weight excluding hydrogens is 392 g/mol. The van der Waals surface area contributed by atoms with Crippen LogP contribution in [0.2, 0.25) is 0 Å². The number of nitrogens with one attached hydrogen (secondary N) is 1. The van der Waals surface area contributed by atoms with Gasteiger partial charge in [-0.3, -0.25) is 9.59 Å². The van der Waals surface area contributed by atoms with Crippen molar-refractivity contribution in [2.45, 2.75) is 53.1 Å². The minimum absolute atomic E-state index is 0.135. The number of rotatable bonds is 11. The zero-order valence-electron chi connectivity index (χ0n) is 19.2. The summed E-state index contributed by atoms with van der Waals surface area (Å²) in [4.78, 5) is 27.6. The van der Waals surface area contributed by atoms with E-state index < -0.39 is 6.04 Å². The Labute approximate surface area is 185 Å². The predicted molar refractivity (Wildman–Crippen MR) is 122 cm³/mol. The second kappa shape index (κ2) is 12.0. The first-order valence-corrected chi connectivity index (χ1v) is 10.8. The Morgan fingerprint density at radius 1 is 1.03 bits per heavy atom. The van der Waals surface area contributed by atoms with E-state index in [1.165, 1.54) is 0 Å². The van der Waals surface area contributed by atoms with Gasteiger partial charge >= 0.3 is 0 Å². The molecule has 2 aromatic carbocycles. The standard InChI is InChI=1S/C25H34N2O4/c1-6-13-26-25(29)23(7-2)27(16-20-9-8-10-21(15-20)30-5)24(28)17-31-22-12-11-18(3)19(4)14-22/h8-12,14-15,23H,6-7,13,16-17H2,1-5H3,(H,26,29). The number of nitrogens with zero attached hydrogens (tertiary/aromatic N) is 1. The molecule has 0 aliphatic heterocycles. The molecule has 2 rings (SSSR count). The molecule has 0 saturated heterocycles. The van der Waals surface area contributed by atoms with Crippen molar-refractivity contribution in [2.75, 3.05) is 20.3 Å². The lowest BCUT2D eigenvalue weighted by Crippen LogP contribution is -2.50. The van der Waals surface area contributed by atoms with Gasteiger partial charge in [0.1, 0.15) is 17.5 Å². The van der Waals surface area contributed by atoms with Crippen molar-refractivity contribution in [1.82, 2.24) is 10.2 Å². The molecule has 2 aromatic rings. The van der Waals surface area contributed by atoms with Crippen LogP contribution in [0, 0.1) is 13.8 Å². The summed E-state index contributed by atoms with van der Waals surface area (Å²) in [5.74, 6) is 0.965. The first-order valence-electron chi connectivity index (χ1n) is 10.8. The molecule has 1 N–H and O–H groups in total. The second-order valence-electron chi connectivity index (χ2n) is 7.62. The molecule has 0 heterocycles. The van der Waals surface area contributed by atoms with Gasteiger partial charge in [0, 0.05) is 13.1 Å². The lowest BCUT2D eigenvalue weighted by molar-refractivity contribution is -0.143. The Bertz CT molecular complexity index is 882. The first kappa shape index (κ1) is 24.3. The highest BCUT2D eigenvalue weighted by Crippen LogP contribution is 2.19. The van der Waals surface area contributed by atoms with Gasteiger partial charge in [-0.25, -0.2) is 0 Å². The average Bonchev–Trinajstić information content (AvgIpc) is 2.78. The van der Waals surface area contributed by atoms with Crippen LogP contribution in [0.25, 0.3) is 0 Å². The van der Waals surface area contributed by atoms with Crippen LogP contribution < -0.4 is 14.8 Å². The predicted octanol–water partition coefficient (Wildman–Crippen LogP) is 4.02. The Balaban J connectivity index is 2.22. The molecule has 0 radical (unpaired) electrons. The highest BCUT2D eigenvalue weighted by Gasteiger charge is 2.28. The number of hydrogen-bond acceptors (Lipinski definition) is 4. The maximum Gasteiger partial charge on any atom is 0.261 e. The summed E-state index contributed by atoms with van der Waals surface area (Å²) < 4.78 is 11.1. The van der Waals surface area contributed by atoms with Gasteiger partial charge in [0.25, 0.3) is 5.91 Å². The van der Waals surface area contributed by atoms with E-state index in [9.17, 15) is 9.59 Å². The summed E-state index contributed by atoms with van der Waals surface area (Å²) >= 11 is 0. The van der Waals surface area contributed by atoms with E-state index in [4.69, 9.17) is 9.47 Å². The Morgan fingerprint density at radius 2 is 1.81 bits per heavy atom. The van der Waals surface area contributed by atoms with Crippen molar-refractivity contribution < 1.29 is 19.1 Å². The van der Waals surface area contributed by atoms with E-state index in [-0.39, 0.29) is 18.4 Å². The third-order valence-corrected chi connectivity index (χ3v) is 5.26. The number of ether oxygens (including phenoxy) is 2. The zero-order chi connectivity index (χ0) is 22.8. The van der Waals surface area contributed by atoms with Crippen LogP contribution in [0.5, 0.6) is 11.5 Å². The van der Waals surface area contributed by atoms with Gasteiger partial charge in [-0.05, 0) is 67.6 Å². The quantitative estimate of drug-likeness (QED) is 0.589. The third kappa shape index (κ3) is 7.02. The lowest BCUT2D eigenvalue weighted by Gasteiger charge is -2.30. The maximum atomic E-state index is 13.2. The van der Waals surface area contributed by atoms with Crippen molar-refractivity contribution >= 4 is 11.8 Å². The van der Waals surface area contributed by atoms with Crippen LogP contribution in [-0.2, 0) is 16.1 Å². The largest absolute Gasteiger partial charge is 0.497 e. The summed E-state index contributed by atoms with van der Waals surface area (Å²) in [5.41, 5.74) is 3.15. The van der Waals surface area contributed by atoms with E-state index in [2.05, 4.69) is 5.32 Å². The van der Waals surface area contributed by atoms with Gasteiger partial charge in [0.15, 0.2) is 6.61 Å². The van der Waals surface area contributed by atoms with Crippen LogP contribution >= 0.6 is 0 Å². The molecule has 1 unspecified atom stereocenters. The summed E-state index contributed by atoms with van der Waals surface area (Å²) in [6.45, 7) is 8.68. The molecule has 0 saturated carbocycles. The molecule has 0 aliphatic carbocycles. The molecule has 168 valence electrons. The number of methoxy groups -OCH3 is 1. The molecular formula is C25H34N2O4. The second-order valence-corrected chi connectivity index (χ2v) is 7.62. The normalized spacial score (nSPS) is 11.5. The van der Waals surface area contributed by atoms with Crippen LogP contribution in [-0.4, -0.2) is 43.0 Å². The number of hydrogen-bond donors (Lipinski definition) is 1. The van der Waals surface area contributed by atoms with E-state index in [1.807, 2.05) is 70.2 Å². The van der Waals surface area contributed by atoms with Crippen LogP contribution in [0.3, 0.4) is 0 Å². The van der Waals surface area contributed by atoms with E-state index in [0.717, 1.165) is 23.1 Å². The van der Waals surface area contributed by atoms with Crippen LogP contribution in [0.4, 0.5) is 0 Å². The molecule has 2 amide bonds. The molecule has 1 atom stereocenters. The molecule has 0 spiro atoms. The molecule has 0 aliphatic rings. The summed E-state index contributed by atoms with van der Waals surface area (Å²) in [5, 5.41) is 2.92. The number of benzene rings is 2. The molecule has 0 bridgehead atoms. The van der Waals surface area contributed by atoms with Gasteiger partial charge in [-0.15, -0.1) is 0 Å². The Kier molecular flexibility index (Phi) is 9.38. The highest BCUT2D eigenvalue weighted by atomic mass is 16.5. The maximum absolute atomic E-state index is 13.2. The highest BCUT2D eigenvalue weighted by molar-refractivity contribution is 5.88.